The van der Waals surface area contributed by atoms with Crippen LogP contribution in [0.2, 0.25) is 0 Å². The van der Waals surface area contributed by atoms with Crippen LogP contribution in [0.15, 0.2) is 24.3 Å². The summed E-state index contributed by atoms with van der Waals surface area (Å²) < 4.78 is 0. The summed E-state index contributed by atoms with van der Waals surface area (Å²) in [7, 11) is 1.93. The van der Waals surface area contributed by atoms with Crippen LogP contribution in [0.4, 0.5) is 5.69 Å². The van der Waals surface area contributed by atoms with Crippen LogP contribution in [0.3, 0.4) is 0 Å². The number of aryl methyl sites for hydroxylation is 1. The van der Waals surface area contributed by atoms with Gasteiger partial charge in [0.25, 0.3) is 0 Å². The molecule has 2 N–H and O–H groups in total. The third-order valence-electron chi connectivity index (χ3n) is 1.71. The molecule has 1 rings (SSSR count). The van der Waals surface area contributed by atoms with Crippen molar-refractivity contribution in [3.05, 3.63) is 29.8 Å². The molecule has 0 saturated carbocycles. The maximum atomic E-state index is 9.87. The number of aliphatic carboxylic acids is 1. The van der Waals surface area contributed by atoms with E-state index in [1.807, 2.05) is 19.2 Å². The summed E-state index contributed by atoms with van der Waals surface area (Å²) in [6.45, 7) is 3.33. The number of carbonyl (C=O) groups is 2. The normalized spacial score (nSPS) is 8.69. The largest absolute Gasteiger partial charge is 0.481 e. The molecule has 88 valence electrons. The molecule has 0 unspecified atom stereocenters. The van der Waals surface area contributed by atoms with E-state index in [0.29, 0.717) is 0 Å². The molecule has 0 aliphatic rings. The standard InChI is InChI=1S/C8H11N.C4H6O3/c1-7-4-3-5-8(6-7)9-2;1-3(5)2-4(6)7/h3-6,9H,1-2H3;2H2,1H3,(H,6,7). The maximum absolute atomic E-state index is 9.87. The Morgan fingerprint density at radius 2 is 2.00 bits per heavy atom. The molecule has 0 saturated heterocycles. The number of benzene rings is 1. The molecule has 0 fully saturated rings. The van der Waals surface area contributed by atoms with Gasteiger partial charge >= 0.3 is 5.97 Å². The Balaban J connectivity index is 0.000000293. The zero-order chi connectivity index (χ0) is 12.6. The third kappa shape index (κ3) is 7.55. The first-order valence-electron chi connectivity index (χ1n) is 4.91. The van der Waals surface area contributed by atoms with Gasteiger partial charge in [-0.2, -0.15) is 0 Å². The van der Waals surface area contributed by atoms with E-state index in [1.165, 1.54) is 18.2 Å². The van der Waals surface area contributed by atoms with Gasteiger partial charge in [0, 0.05) is 12.7 Å². The molecule has 1 aromatic carbocycles. The fourth-order valence-electron chi connectivity index (χ4n) is 1.01. The number of anilines is 1. The molecule has 0 aromatic heterocycles. The number of rotatable bonds is 3. The van der Waals surface area contributed by atoms with Crippen LogP contribution in [0.1, 0.15) is 18.9 Å². The lowest BCUT2D eigenvalue weighted by Gasteiger charge is -1.98. The van der Waals surface area contributed by atoms with Crippen LogP contribution >= 0.6 is 0 Å². The molecule has 0 amide bonds. The van der Waals surface area contributed by atoms with E-state index in [9.17, 15) is 9.59 Å². The Bertz CT molecular complexity index is 349. The molecular weight excluding hydrogens is 206 g/mol. The van der Waals surface area contributed by atoms with Gasteiger partial charge in [0.05, 0.1) is 0 Å². The lowest BCUT2D eigenvalue weighted by Crippen LogP contribution is -2.00. The summed E-state index contributed by atoms with van der Waals surface area (Å²) in [5, 5.41) is 10.9. The number of hydrogen-bond donors (Lipinski definition) is 2. The maximum Gasteiger partial charge on any atom is 0.310 e. The quantitative estimate of drug-likeness (QED) is 0.770. The van der Waals surface area contributed by atoms with E-state index in [-0.39, 0.29) is 12.2 Å². The second-order valence-electron chi connectivity index (χ2n) is 3.39. The van der Waals surface area contributed by atoms with Gasteiger partial charge in [0.1, 0.15) is 12.2 Å². The van der Waals surface area contributed by atoms with Gasteiger partial charge in [-0.3, -0.25) is 9.59 Å². The number of Topliss-reactive ketones (excluding diaryl/α,β-unsaturated/α-hetero) is 1. The molecule has 4 nitrogen and oxygen atoms in total. The first-order chi connectivity index (χ1) is 7.45. The molecule has 0 bridgehead atoms. The fourth-order valence-corrected chi connectivity index (χ4v) is 1.01. The number of hydrogen-bond acceptors (Lipinski definition) is 3. The number of carboxylic acid groups (broad SMARTS) is 1. The molecule has 0 aliphatic carbocycles. The van der Waals surface area contributed by atoms with E-state index >= 15 is 0 Å². The zero-order valence-corrected chi connectivity index (χ0v) is 9.78. The molecule has 0 atom stereocenters. The molecule has 4 heteroatoms. The third-order valence-corrected chi connectivity index (χ3v) is 1.71. The molecule has 0 heterocycles. The van der Waals surface area contributed by atoms with Gasteiger partial charge in [0.2, 0.25) is 0 Å². The van der Waals surface area contributed by atoms with E-state index in [1.54, 1.807) is 0 Å². The molecule has 0 aliphatic heterocycles. The average molecular weight is 223 g/mol. The number of ketones is 1. The van der Waals surface area contributed by atoms with Crippen molar-refractivity contribution in [1.29, 1.82) is 0 Å². The van der Waals surface area contributed by atoms with Gasteiger partial charge in [-0.1, -0.05) is 12.1 Å². The Hall–Kier alpha value is -1.84. The van der Waals surface area contributed by atoms with Gasteiger partial charge in [-0.15, -0.1) is 0 Å². The summed E-state index contributed by atoms with van der Waals surface area (Å²) in [6.07, 6.45) is -0.361. The van der Waals surface area contributed by atoms with E-state index in [2.05, 4.69) is 24.4 Å². The van der Waals surface area contributed by atoms with Crippen molar-refractivity contribution in [3.8, 4) is 0 Å². The highest BCUT2D eigenvalue weighted by Gasteiger charge is 1.98. The van der Waals surface area contributed by atoms with Crippen LogP contribution in [0.5, 0.6) is 0 Å². The molecule has 1 aromatic rings. The number of nitrogens with one attached hydrogen (secondary N) is 1. The van der Waals surface area contributed by atoms with Crippen LogP contribution in [0, 0.1) is 6.92 Å². The highest BCUT2D eigenvalue weighted by molar-refractivity contribution is 5.93. The van der Waals surface area contributed by atoms with Crippen LogP contribution in [-0.2, 0) is 9.59 Å². The smallest absolute Gasteiger partial charge is 0.310 e. The minimum Gasteiger partial charge on any atom is -0.481 e. The minimum absolute atomic E-state index is 0.312. The summed E-state index contributed by atoms with van der Waals surface area (Å²) in [5.41, 5.74) is 2.47. The van der Waals surface area contributed by atoms with Crippen LogP contribution in [0.25, 0.3) is 0 Å². The highest BCUT2D eigenvalue weighted by atomic mass is 16.4. The molecule has 0 radical (unpaired) electrons. The SMILES string of the molecule is CC(=O)CC(=O)O.CNc1cccc(C)c1. The Morgan fingerprint density at radius 1 is 1.38 bits per heavy atom. The second kappa shape index (κ2) is 7.45. The van der Waals surface area contributed by atoms with Crippen LogP contribution in [-0.4, -0.2) is 23.9 Å². The predicted molar refractivity (Wildman–Crippen MR) is 63.7 cm³/mol. The second-order valence-corrected chi connectivity index (χ2v) is 3.39. The first kappa shape index (κ1) is 14.2. The molecule has 16 heavy (non-hydrogen) atoms. The monoisotopic (exact) mass is 223 g/mol. The van der Waals surface area contributed by atoms with Crippen molar-refractivity contribution in [2.75, 3.05) is 12.4 Å². The van der Waals surface area contributed by atoms with E-state index < -0.39 is 5.97 Å². The summed E-state index contributed by atoms with van der Waals surface area (Å²) in [4.78, 5) is 19.5. The highest BCUT2D eigenvalue weighted by Crippen LogP contribution is 2.07. The van der Waals surface area contributed by atoms with Crippen molar-refractivity contribution in [2.45, 2.75) is 20.3 Å². The molecule has 0 spiro atoms. The zero-order valence-electron chi connectivity index (χ0n) is 9.78. The topological polar surface area (TPSA) is 66.4 Å². The van der Waals surface area contributed by atoms with Crippen molar-refractivity contribution < 1.29 is 14.7 Å². The van der Waals surface area contributed by atoms with Crippen molar-refractivity contribution in [2.24, 2.45) is 0 Å². The summed E-state index contributed by atoms with van der Waals surface area (Å²) >= 11 is 0. The van der Waals surface area contributed by atoms with Crippen molar-refractivity contribution in [3.63, 3.8) is 0 Å². The van der Waals surface area contributed by atoms with Crippen LogP contribution < -0.4 is 5.32 Å². The van der Waals surface area contributed by atoms with Gasteiger partial charge in [-0.25, -0.2) is 0 Å². The van der Waals surface area contributed by atoms with E-state index in [4.69, 9.17) is 5.11 Å². The number of carbonyl (C=O) groups excluding carboxylic acids is 1. The average Bonchev–Trinajstić information content (AvgIpc) is 2.16. The number of carboxylic acids is 1. The first-order valence-corrected chi connectivity index (χ1v) is 4.91. The van der Waals surface area contributed by atoms with Gasteiger partial charge < -0.3 is 10.4 Å². The Labute approximate surface area is 95.3 Å². The summed E-state index contributed by atoms with van der Waals surface area (Å²) in [6, 6.07) is 8.29. The predicted octanol–water partition coefficient (Wildman–Crippen LogP) is 2.09. The van der Waals surface area contributed by atoms with Crippen molar-refractivity contribution >= 4 is 17.4 Å². The fraction of sp³-hybridized carbons (Fsp3) is 0.333. The van der Waals surface area contributed by atoms with E-state index in [0.717, 1.165) is 0 Å². The minimum atomic E-state index is -1.06. The molecular formula is C12H17NO3. The lowest BCUT2D eigenvalue weighted by atomic mass is 10.2. The Kier molecular flexibility index (Phi) is 6.59. The summed E-state index contributed by atoms with van der Waals surface area (Å²) in [5.74, 6) is -1.37. The van der Waals surface area contributed by atoms with Gasteiger partial charge in [-0.05, 0) is 31.5 Å². The lowest BCUT2D eigenvalue weighted by molar-refractivity contribution is -0.139. The Morgan fingerprint density at radius 3 is 2.25 bits per heavy atom. The van der Waals surface area contributed by atoms with Gasteiger partial charge in [0.15, 0.2) is 0 Å². The van der Waals surface area contributed by atoms with Crippen molar-refractivity contribution in [1.82, 2.24) is 0 Å².